The van der Waals surface area contributed by atoms with Crippen molar-refractivity contribution in [3.63, 3.8) is 0 Å². The zero-order valence-electron chi connectivity index (χ0n) is 16.6. The fourth-order valence-corrected chi connectivity index (χ4v) is 3.68. The van der Waals surface area contributed by atoms with Gasteiger partial charge in [-0.2, -0.15) is 10.2 Å². The third-order valence-electron chi connectivity index (χ3n) is 5.25. The maximum atomic E-state index is 9.64. The summed E-state index contributed by atoms with van der Waals surface area (Å²) in [5, 5.41) is 17.9. The van der Waals surface area contributed by atoms with Crippen LogP contribution in [0, 0.1) is 11.3 Å². The van der Waals surface area contributed by atoms with E-state index in [1.807, 2.05) is 11.6 Å². The van der Waals surface area contributed by atoms with Gasteiger partial charge in [-0.1, -0.05) is 0 Å². The van der Waals surface area contributed by atoms with Gasteiger partial charge in [-0.3, -0.25) is 4.68 Å². The first-order chi connectivity index (χ1) is 14.7. The number of nitrogens with zero attached hydrogens (tertiary/aromatic N) is 6. The molecule has 0 bridgehead atoms. The van der Waals surface area contributed by atoms with Gasteiger partial charge in [0.1, 0.15) is 35.3 Å². The smallest absolute Gasteiger partial charge is 0.257 e. The molecule has 2 atom stereocenters. The minimum absolute atomic E-state index is 0.00684. The number of ether oxygens (including phenoxy) is 4. The second kappa shape index (κ2) is 7.56. The maximum absolute atomic E-state index is 9.64. The first-order valence-electron chi connectivity index (χ1n) is 9.60. The minimum atomic E-state index is -0.151. The number of fused-ring (bicyclic) bond motifs is 1. The van der Waals surface area contributed by atoms with Gasteiger partial charge < -0.3 is 28.8 Å². The number of methoxy groups -OCH3 is 1. The Morgan fingerprint density at radius 1 is 1.27 bits per heavy atom. The normalized spacial score (nSPS) is 21.5. The lowest BCUT2D eigenvalue weighted by Gasteiger charge is -2.25. The summed E-state index contributed by atoms with van der Waals surface area (Å²) in [7, 11) is 3.46. The molecule has 11 heteroatoms. The lowest BCUT2D eigenvalue weighted by atomic mass is 10.2. The van der Waals surface area contributed by atoms with Gasteiger partial charge in [0.15, 0.2) is 0 Å². The van der Waals surface area contributed by atoms with Gasteiger partial charge in [0.2, 0.25) is 5.95 Å². The molecule has 11 nitrogen and oxygen atoms in total. The molecule has 1 N–H and O–H groups in total. The molecule has 2 aliphatic rings. The van der Waals surface area contributed by atoms with Crippen LogP contribution in [0.25, 0.3) is 11.0 Å². The van der Waals surface area contributed by atoms with E-state index in [0.717, 1.165) is 5.39 Å². The second-order valence-corrected chi connectivity index (χ2v) is 7.29. The topological polar surface area (TPSA) is 121 Å². The quantitative estimate of drug-likeness (QED) is 0.636. The highest BCUT2D eigenvalue weighted by atomic mass is 16.6. The van der Waals surface area contributed by atoms with Gasteiger partial charge in [-0.15, -0.1) is 5.10 Å². The number of hydrogen-bond acceptors (Lipinski definition) is 9. The van der Waals surface area contributed by atoms with E-state index in [-0.39, 0.29) is 18.2 Å². The van der Waals surface area contributed by atoms with Crippen molar-refractivity contribution in [1.29, 1.82) is 5.26 Å². The Morgan fingerprint density at radius 3 is 2.83 bits per heavy atom. The highest BCUT2D eigenvalue weighted by molar-refractivity contribution is 5.79. The predicted molar refractivity (Wildman–Crippen MR) is 105 cm³/mol. The van der Waals surface area contributed by atoms with Crippen molar-refractivity contribution in [3.05, 3.63) is 24.2 Å². The summed E-state index contributed by atoms with van der Waals surface area (Å²) in [5.41, 5.74) is 1.78. The third-order valence-corrected chi connectivity index (χ3v) is 5.25. The molecule has 5 rings (SSSR count). The van der Waals surface area contributed by atoms with Crippen LogP contribution in [0.15, 0.2) is 18.5 Å². The largest absolute Gasteiger partial charge is 0.467 e. The molecule has 2 saturated heterocycles. The van der Waals surface area contributed by atoms with Crippen molar-refractivity contribution in [1.82, 2.24) is 24.3 Å². The Morgan fingerprint density at radius 2 is 2.10 bits per heavy atom. The number of hydrogen-bond donors (Lipinski definition) is 1. The number of nitrogens with one attached hydrogen (secondary N) is 1. The number of nitriles is 1. The summed E-state index contributed by atoms with van der Waals surface area (Å²) in [6.07, 6.45) is 3.33. The summed E-state index contributed by atoms with van der Waals surface area (Å²) in [6.45, 7) is 2.02. The minimum Gasteiger partial charge on any atom is -0.467 e. The van der Waals surface area contributed by atoms with Crippen LogP contribution in [0.2, 0.25) is 0 Å². The van der Waals surface area contributed by atoms with Crippen LogP contribution in [-0.4, -0.2) is 70.1 Å². The fraction of sp³-hybridized carbons (Fsp3) is 0.474. The van der Waals surface area contributed by atoms with E-state index in [2.05, 4.69) is 26.5 Å². The first kappa shape index (κ1) is 18.8. The summed E-state index contributed by atoms with van der Waals surface area (Å²) in [6, 6.07) is 3.88. The van der Waals surface area contributed by atoms with E-state index in [1.54, 1.807) is 30.3 Å². The number of anilines is 2. The standard InChI is InChI=1S/C19H21N7O4/c1-25-6-14(18(24-25)30-13-7-28-8-13)22-19-21-5-11-3-12(4-20)26(17(11)23-19)15-9-29-10-16(15)27-2/h3,5-6,13,15-16H,7-10H2,1-2H3,(H,21,22,23)/t15?,16-/m1/s1. The van der Waals surface area contributed by atoms with Crippen LogP contribution in [0.1, 0.15) is 11.7 Å². The molecule has 1 unspecified atom stereocenters. The van der Waals surface area contributed by atoms with Crippen LogP contribution in [0.5, 0.6) is 5.88 Å². The van der Waals surface area contributed by atoms with Crippen molar-refractivity contribution in [2.24, 2.45) is 7.05 Å². The van der Waals surface area contributed by atoms with Gasteiger partial charge in [0.05, 0.1) is 38.7 Å². The molecule has 156 valence electrons. The third kappa shape index (κ3) is 3.24. The fourth-order valence-electron chi connectivity index (χ4n) is 3.68. The average molecular weight is 411 g/mol. The maximum Gasteiger partial charge on any atom is 0.257 e. The first-order valence-corrected chi connectivity index (χ1v) is 9.60. The molecule has 30 heavy (non-hydrogen) atoms. The van der Waals surface area contributed by atoms with Crippen LogP contribution in [-0.2, 0) is 21.3 Å². The lowest BCUT2D eigenvalue weighted by Crippen LogP contribution is -2.38. The van der Waals surface area contributed by atoms with Crippen molar-refractivity contribution in [3.8, 4) is 11.9 Å². The SMILES string of the molecule is CO[C@@H]1COCC1n1c(C#N)cc2cnc(Nc3cn(C)nc3OC3COC3)nc21. The average Bonchev–Trinajstić information content (AvgIpc) is 3.40. The Kier molecular flexibility index (Phi) is 4.74. The lowest BCUT2D eigenvalue weighted by molar-refractivity contribution is -0.0812. The number of aryl methyl sites for hydroxylation is 1. The molecule has 3 aromatic rings. The molecule has 0 aromatic carbocycles. The van der Waals surface area contributed by atoms with E-state index in [4.69, 9.17) is 18.9 Å². The molecular weight excluding hydrogens is 390 g/mol. The molecular formula is C19H21N7O4. The Hall–Kier alpha value is -3.20. The molecule has 0 saturated carbocycles. The molecule has 2 aliphatic heterocycles. The van der Waals surface area contributed by atoms with E-state index in [0.29, 0.717) is 55.3 Å². The van der Waals surface area contributed by atoms with Crippen LogP contribution in [0.3, 0.4) is 0 Å². The number of aromatic nitrogens is 5. The van der Waals surface area contributed by atoms with E-state index in [9.17, 15) is 5.26 Å². The Bertz CT molecular complexity index is 1110. The summed E-state index contributed by atoms with van der Waals surface area (Å²) < 4.78 is 25.7. The van der Waals surface area contributed by atoms with Gasteiger partial charge in [-0.25, -0.2) is 4.98 Å². The van der Waals surface area contributed by atoms with Crippen molar-refractivity contribution >= 4 is 22.7 Å². The summed E-state index contributed by atoms with van der Waals surface area (Å²) in [5.74, 6) is 0.841. The summed E-state index contributed by atoms with van der Waals surface area (Å²) in [4.78, 5) is 9.07. The Balaban J connectivity index is 1.49. The van der Waals surface area contributed by atoms with Gasteiger partial charge in [0, 0.05) is 25.7 Å². The van der Waals surface area contributed by atoms with E-state index < -0.39 is 0 Å². The van der Waals surface area contributed by atoms with Crippen LogP contribution >= 0.6 is 0 Å². The van der Waals surface area contributed by atoms with E-state index in [1.165, 1.54) is 0 Å². The Labute approximate surface area is 172 Å². The molecule has 0 aliphatic carbocycles. The van der Waals surface area contributed by atoms with Crippen LogP contribution in [0.4, 0.5) is 11.6 Å². The molecule has 5 heterocycles. The monoisotopic (exact) mass is 411 g/mol. The second-order valence-electron chi connectivity index (χ2n) is 7.29. The highest BCUT2D eigenvalue weighted by Gasteiger charge is 2.33. The zero-order chi connectivity index (χ0) is 20.7. The molecule has 2 fully saturated rings. The molecule has 3 aromatic heterocycles. The zero-order valence-corrected chi connectivity index (χ0v) is 16.6. The molecule has 0 radical (unpaired) electrons. The van der Waals surface area contributed by atoms with Crippen molar-refractivity contribution < 1.29 is 18.9 Å². The predicted octanol–water partition coefficient (Wildman–Crippen LogP) is 1.14. The van der Waals surface area contributed by atoms with Gasteiger partial charge in [-0.05, 0) is 6.07 Å². The van der Waals surface area contributed by atoms with Gasteiger partial charge >= 0.3 is 0 Å². The van der Waals surface area contributed by atoms with Crippen LogP contribution < -0.4 is 10.1 Å². The van der Waals surface area contributed by atoms with Crippen molar-refractivity contribution in [2.45, 2.75) is 18.2 Å². The molecule has 0 spiro atoms. The van der Waals surface area contributed by atoms with Gasteiger partial charge in [0.25, 0.3) is 5.88 Å². The highest BCUT2D eigenvalue weighted by Crippen LogP contribution is 2.31. The summed E-state index contributed by atoms with van der Waals surface area (Å²) >= 11 is 0. The van der Waals surface area contributed by atoms with E-state index >= 15 is 0 Å². The number of rotatable bonds is 6. The molecule has 0 amide bonds. The van der Waals surface area contributed by atoms with Crippen molar-refractivity contribution in [2.75, 3.05) is 38.9 Å².